The zero-order chi connectivity index (χ0) is 19.0. The number of aliphatic hydroxyl groups is 1. The minimum absolute atomic E-state index is 0.281. The third kappa shape index (κ3) is 18.6. The van der Waals surface area contributed by atoms with E-state index in [0.717, 1.165) is 12.8 Å². The molecule has 25 heavy (non-hydrogen) atoms. The van der Waals surface area contributed by atoms with Gasteiger partial charge in [-0.15, -0.1) is 0 Å². The minimum atomic E-state index is -4.72. The van der Waals surface area contributed by atoms with E-state index < -0.39 is 20.0 Å². The Morgan fingerprint density at radius 2 is 1.32 bits per heavy atom. The van der Waals surface area contributed by atoms with Crippen LogP contribution in [0.15, 0.2) is 0 Å². The van der Waals surface area contributed by atoms with Gasteiger partial charge in [0.2, 0.25) is 0 Å². The second kappa shape index (κ2) is 16.2. The Kier molecular flexibility index (Phi) is 16.2. The second-order valence-electron chi connectivity index (χ2n) is 7.12. The Balaban J connectivity index is 3.33. The molecule has 0 aromatic heterocycles. The van der Waals surface area contributed by atoms with Crippen molar-refractivity contribution in [3.8, 4) is 0 Å². The molecule has 3 atom stereocenters. The number of phosphoric acid groups is 1. The summed E-state index contributed by atoms with van der Waals surface area (Å²) in [5, 5.41) is 9.88. The van der Waals surface area contributed by atoms with E-state index in [9.17, 15) is 14.6 Å². The first-order chi connectivity index (χ1) is 11.9. The van der Waals surface area contributed by atoms with Gasteiger partial charge in [0.1, 0.15) is 18.8 Å². The highest BCUT2D eigenvalue weighted by Gasteiger charge is 2.19. The van der Waals surface area contributed by atoms with Crippen LogP contribution < -0.4 is 10.6 Å². The zero-order valence-electron chi connectivity index (χ0n) is 16.0. The molecule has 0 saturated heterocycles. The average Bonchev–Trinajstić information content (AvgIpc) is 2.56. The summed E-state index contributed by atoms with van der Waals surface area (Å²) in [6, 6.07) is -0.549. The zero-order valence-corrected chi connectivity index (χ0v) is 16.9. The van der Waals surface area contributed by atoms with Crippen molar-refractivity contribution in [2.24, 2.45) is 0 Å². The van der Waals surface area contributed by atoms with E-state index in [2.05, 4.69) is 17.2 Å². The standard InChI is InChI=1S/C18H40NO5P/c1-2-3-4-5-6-7-8-9-10-11-12-13-14-15-18(20)17(19)16-24-25(21,22)23/h17-18,20H,2-16,19H2,1H3,(H2,21,22,23)/t17-,18+/m0/s1. The van der Waals surface area contributed by atoms with Crippen molar-refractivity contribution in [1.82, 2.24) is 0 Å². The third-order valence-electron chi connectivity index (χ3n) is 4.60. The molecule has 0 aliphatic heterocycles. The van der Waals surface area contributed by atoms with Crippen molar-refractivity contribution >= 4 is 7.82 Å². The molecule has 6 nitrogen and oxygen atoms in total. The minimum Gasteiger partial charge on any atom is -0.756 e. The molecule has 0 aliphatic rings. The first kappa shape index (κ1) is 25.0. The molecule has 0 aromatic carbocycles. The lowest BCUT2D eigenvalue weighted by atomic mass is 10.0. The number of rotatable bonds is 18. The number of aliphatic hydroxyl groups excluding tert-OH is 1. The Labute approximate surface area is 153 Å². The van der Waals surface area contributed by atoms with E-state index in [-0.39, 0.29) is 6.61 Å². The molecule has 0 spiro atoms. The maximum atomic E-state index is 10.5. The molecule has 0 radical (unpaired) electrons. The molecule has 5 N–H and O–H groups in total. The van der Waals surface area contributed by atoms with Crippen LogP contribution in [-0.2, 0) is 9.09 Å². The highest BCUT2D eigenvalue weighted by Crippen LogP contribution is 2.30. The number of quaternary nitrogens is 1. The normalized spacial score (nSPS) is 16.5. The Bertz CT molecular complexity index is 337. The molecule has 0 aliphatic carbocycles. The summed E-state index contributed by atoms with van der Waals surface area (Å²) in [7, 11) is -4.72. The van der Waals surface area contributed by atoms with Gasteiger partial charge in [-0.25, -0.2) is 0 Å². The molecule has 0 saturated carbocycles. The Morgan fingerprint density at radius 3 is 1.72 bits per heavy atom. The van der Waals surface area contributed by atoms with Crippen LogP contribution in [0.1, 0.15) is 96.8 Å². The molecule has 0 fully saturated rings. The Morgan fingerprint density at radius 1 is 0.920 bits per heavy atom. The summed E-state index contributed by atoms with van der Waals surface area (Å²) in [5.74, 6) is 0. The van der Waals surface area contributed by atoms with Crippen LogP contribution in [-0.4, -0.2) is 28.8 Å². The van der Waals surface area contributed by atoms with Crippen molar-refractivity contribution in [3.05, 3.63) is 0 Å². The maximum Gasteiger partial charge on any atom is 0.265 e. The van der Waals surface area contributed by atoms with Crippen molar-refractivity contribution in [3.63, 3.8) is 0 Å². The first-order valence-corrected chi connectivity index (χ1v) is 11.6. The van der Waals surface area contributed by atoms with E-state index in [4.69, 9.17) is 4.89 Å². The van der Waals surface area contributed by atoms with Gasteiger partial charge in [0.25, 0.3) is 7.82 Å². The van der Waals surface area contributed by atoms with E-state index in [1.807, 2.05) is 0 Å². The van der Waals surface area contributed by atoms with Gasteiger partial charge in [-0.2, -0.15) is 0 Å². The lowest BCUT2D eigenvalue weighted by Gasteiger charge is -2.20. The summed E-state index contributed by atoms with van der Waals surface area (Å²) in [6.45, 7) is 1.97. The van der Waals surface area contributed by atoms with Gasteiger partial charge in [0.15, 0.2) is 0 Å². The van der Waals surface area contributed by atoms with Crippen molar-refractivity contribution in [2.45, 2.75) is 109 Å². The predicted molar refractivity (Wildman–Crippen MR) is 98.8 cm³/mol. The maximum absolute atomic E-state index is 10.5. The van der Waals surface area contributed by atoms with E-state index in [1.165, 1.54) is 70.6 Å². The SMILES string of the molecule is CCCCCCCCCCCCCCC[C@@H](O)[C@@H]([NH3+])COP(=O)([O-])O. The number of hydrogen-bond donors (Lipinski definition) is 3. The van der Waals surface area contributed by atoms with Crippen LogP contribution >= 0.6 is 7.82 Å². The van der Waals surface area contributed by atoms with Gasteiger partial charge >= 0.3 is 0 Å². The molecular formula is C18H40NO5P. The van der Waals surface area contributed by atoms with Gasteiger partial charge in [-0.1, -0.05) is 90.4 Å². The second-order valence-corrected chi connectivity index (χ2v) is 8.32. The van der Waals surface area contributed by atoms with Gasteiger partial charge in [0.05, 0.1) is 0 Å². The van der Waals surface area contributed by atoms with Gasteiger partial charge in [0, 0.05) is 0 Å². The molecule has 0 bridgehead atoms. The monoisotopic (exact) mass is 381 g/mol. The number of unbranched alkanes of at least 4 members (excludes halogenated alkanes) is 12. The molecule has 0 heterocycles. The lowest BCUT2D eigenvalue weighted by Crippen LogP contribution is -2.68. The van der Waals surface area contributed by atoms with Crippen LogP contribution in [0.2, 0.25) is 0 Å². The van der Waals surface area contributed by atoms with Gasteiger partial charge in [-0.3, -0.25) is 4.57 Å². The molecular weight excluding hydrogens is 341 g/mol. The highest BCUT2D eigenvalue weighted by atomic mass is 31.2. The fourth-order valence-electron chi connectivity index (χ4n) is 2.91. The summed E-state index contributed by atoms with van der Waals surface area (Å²) in [6.07, 6.45) is 16.5. The molecule has 0 aromatic rings. The van der Waals surface area contributed by atoms with Crippen LogP contribution in [0.4, 0.5) is 0 Å². The quantitative estimate of drug-likeness (QED) is 0.249. The van der Waals surface area contributed by atoms with E-state index in [1.54, 1.807) is 0 Å². The molecule has 0 amide bonds. The Hall–Kier alpha value is 0.0300. The summed E-state index contributed by atoms with van der Waals surface area (Å²) >= 11 is 0. The summed E-state index contributed by atoms with van der Waals surface area (Å²) in [5.41, 5.74) is 3.68. The van der Waals surface area contributed by atoms with Crippen LogP contribution in [0.5, 0.6) is 0 Å². The summed E-state index contributed by atoms with van der Waals surface area (Å²) in [4.78, 5) is 19.0. The fourth-order valence-corrected chi connectivity index (χ4v) is 3.29. The smallest absolute Gasteiger partial charge is 0.265 e. The van der Waals surface area contributed by atoms with Gasteiger partial charge < -0.3 is 25.2 Å². The lowest BCUT2D eigenvalue weighted by molar-refractivity contribution is -0.443. The fraction of sp³-hybridized carbons (Fsp3) is 1.00. The number of phosphoric ester groups is 1. The van der Waals surface area contributed by atoms with Gasteiger partial charge in [-0.05, 0) is 6.42 Å². The van der Waals surface area contributed by atoms with Crippen molar-refractivity contribution in [1.29, 1.82) is 0 Å². The van der Waals surface area contributed by atoms with E-state index >= 15 is 0 Å². The predicted octanol–water partition coefficient (Wildman–Crippen LogP) is 2.92. The largest absolute Gasteiger partial charge is 0.756 e. The average molecular weight is 381 g/mol. The highest BCUT2D eigenvalue weighted by molar-refractivity contribution is 7.44. The topological polar surface area (TPSA) is 117 Å². The van der Waals surface area contributed by atoms with Crippen LogP contribution in [0.25, 0.3) is 0 Å². The van der Waals surface area contributed by atoms with Crippen molar-refractivity contribution in [2.75, 3.05) is 6.61 Å². The molecule has 7 heteroatoms. The first-order valence-electron chi connectivity index (χ1n) is 10.1. The molecule has 0 rings (SSSR count). The number of hydrogen-bond acceptors (Lipinski definition) is 4. The molecule has 1 unspecified atom stereocenters. The third-order valence-corrected chi connectivity index (χ3v) is 5.07. The van der Waals surface area contributed by atoms with Crippen LogP contribution in [0, 0.1) is 0 Å². The molecule has 152 valence electrons. The van der Waals surface area contributed by atoms with Crippen molar-refractivity contribution < 1.29 is 29.7 Å². The summed E-state index contributed by atoms with van der Waals surface area (Å²) < 4.78 is 14.8. The van der Waals surface area contributed by atoms with Crippen LogP contribution in [0.3, 0.4) is 0 Å². The van der Waals surface area contributed by atoms with E-state index in [0.29, 0.717) is 6.42 Å².